The van der Waals surface area contributed by atoms with Gasteiger partial charge >= 0.3 is 0 Å². The second-order valence-electron chi connectivity index (χ2n) is 11.4. The van der Waals surface area contributed by atoms with Crippen LogP contribution in [0, 0.1) is 0 Å². The molecular formula is C34H33O2Si. The summed E-state index contributed by atoms with van der Waals surface area (Å²) in [4.78, 5) is 0. The number of hydrogen-bond acceptors (Lipinski definition) is 2. The van der Waals surface area contributed by atoms with Crippen molar-refractivity contribution in [2.45, 2.75) is 52.5 Å². The Labute approximate surface area is 220 Å². The van der Waals surface area contributed by atoms with Gasteiger partial charge in [0.05, 0.1) is 13.2 Å². The van der Waals surface area contributed by atoms with Gasteiger partial charge in [0, 0.05) is 0 Å². The number of benzene rings is 6. The first-order valence-electron chi connectivity index (χ1n) is 13.1. The molecule has 0 heterocycles. The molecule has 0 bridgehead atoms. The summed E-state index contributed by atoms with van der Waals surface area (Å²) in [6, 6.07) is 29.0. The van der Waals surface area contributed by atoms with Crippen molar-refractivity contribution in [1.29, 1.82) is 0 Å². The first-order valence-corrected chi connectivity index (χ1v) is 15.5. The van der Waals surface area contributed by atoms with Crippen molar-refractivity contribution in [3.8, 4) is 11.1 Å². The third-order valence-corrected chi connectivity index (χ3v) is 8.42. The van der Waals surface area contributed by atoms with Crippen LogP contribution in [-0.4, -0.2) is 14.1 Å². The van der Waals surface area contributed by atoms with Gasteiger partial charge in [0.2, 0.25) is 9.04 Å². The summed E-state index contributed by atoms with van der Waals surface area (Å²) in [5.74, 6) is 0. The molecule has 0 atom stereocenters. The van der Waals surface area contributed by atoms with Crippen molar-refractivity contribution in [3.05, 3.63) is 95.6 Å². The van der Waals surface area contributed by atoms with Gasteiger partial charge < -0.3 is 9.53 Å². The zero-order chi connectivity index (χ0) is 25.9. The Morgan fingerprint density at radius 1 is 0.703 bits per heavy atom. The molecule has 3 heteroatoms. The molecule has 6 aromatic carbocycles. The summed E-state index contributed by atoms with van der Waals surface area (Å²) in [5, 5.41) is 20.8. The van der Waals surface area contributed by atoms with Crippen LogP contribution >= 0.6 is 0 Å². The van der Waals surface area contributed by atoms with E-state index in [0.717, 1.165) is 11.1 Å². The lowest BCUT2D eigenvalue weighted by atomic mass is 9.81. The molecule has 2 nitrogen and oxygen atoms in total. The largest absolute Gasteiger partial charge is 0.413 e. The molecule has 0 aliphatic heterocycles. The van der Waals surface area contributed by atoms with E-state index in [-0.39, 0.29) is 12.0 Å². The molecule has 0 aliphatic carbocycles. The SMILES string of the molecule is C[Si](C)OCc1c(CO)cc(C(C)(C)C)cc1-c1ccc2c3cccc4cccc(c5cccc1c52)c43. The normalized spacial score (nSPS) is 12.6. The Bertz CT molecular complexity index is 1730. The standard InChI is InChI=1S/C34H33O2Si/c1-34(2,3)23-17-22(19-35)31(20-36-37(4)5)30(18-23)24-15-16-29-27-12-7-10-21-9-6-11-26(32(21)27)28-14-8-13-25(24)33(28)29/h6-18,35H,19-20H2,1-5H3. The first-order chi connectivity index (χ1) is 17.8. The van der Waals surface area contributed by atoms with Crippen LogP contribution in [0.5, 0.6) is 0 Å². The first kappa shape index (κ1) is 24.1. The number of fused-ring (bicyclic) bond motifs is 2. The van der Waals surface area contributed by atoms with E-state index >= 15 is 0 Å². The summed E-state index contributed by atoms with van der Waals surface area (Å²) in [6.45, 7) is 11.5. The molecule has 0 saturated carbocycles. The lowest BCUT2D eigenvalue weighted by molar-refractivity contribution is 0.271. The zero-order valence-electron chi connectivity index (χ0n) is 22.3. The summed E-state index contributed by atoms with van der Waals surface area (Å²) in [7, 11) is -0.880. The third-order valence-electron chi connectivity index (χ3n) is 7.70. The molecule has 185 valence electrons. The van der Waals surface area contributed by atoms with E-state index in [9.17, 15) is 5.11 Å². The Balaban J connectivity index is 1.73. The maximum atomic E-state index is 10.4. The van der Waals surface area contributed by atoms with E-state index in [2.05, 4.69) is 113 Å². The third kappa shape index (κ3) is 3.93. The van der Waals surface area contributed by atoms with Crippen LogP contribution in [-0.2, 0) is 23.1 Å². The molecule has 1 N–H and O–H groups in total. The minimum Gasteiger partial charge on any atom is -0.413 e. The highest BCUT2D eigenvalue weighted by atomic mass is 28.3. The van der Waals surface area contributed by atoms with Crippen molar-refractivity contribution in [2.75, 3.05) is 0 Å². The summed E-state index contributed by atoms with van der Waals surface area (Å²) >= 11 is 0. The lowest BCUT2D eigenvalue weighted by Crippen LogP contribution is -2.15. The molecular weight excluding hydrogens is 468 g/mol. The summed E-state index contributed by atoms with van der Waals surface area (Å²) in [5.41, 5.74) is 5.61. The van der Waals surface area contributed by atoms with E-state index in [1.807, 2.05) is 0 Å². The predicted octanol–water partition coefficient (Wildman–Crippen LogP) is 8.96. The van der Waals surface area contributed by atoms with Crippen molar-refractivity contribution < 1.29 is 9.53 Å². The second-order valence-corrected chi connectivity index (χ2v) is 13.5. The topological polar surface area (TPSA) is 29.5 Å². The summed E-state index contributed by atoms with van der Waals surface area (Å²) in [6.07, 6.45) is 0. The van der Waals surface area contributed by atoms with Gasteiger partial charge in [-0.2, -0.15) is 0 Å². The molecule has 6 rings (SSSR count). The van der Waals surface area contributed by atoms with E-state index in [1.54, 1.807) is 0 Å². The summed E-state index contributed by atoms with van der Waals surface area (Å²) < 4.78 is 6.23. The van der Waals surface area contributed by atoms with E-state index in [1.165, 1.54) is 59.8 Å². The van der Waals surface area contributed by atoms with E-state index in [4.69, 9.17) is 4.43 Å². The molecule has 0 aliphatic rings. The Hall–Kier alpha value is -3.24. The van der Waals surface area contributed by atoms with Crippen molar-refractivity contribution in [3.63, 3.8) is 0 Å². The van der Waals surface area contributed by atoms with Gasteiger partial charge in [-0.15, -0.1) is 0 Å². The fraction of sp³-hybridized carbons (Fsp3) is 0.235. The maximum absolute atomic E-state index is 10.4. The quantitative estimate of drug-likeness (QED) is 0.145. The Morgan fingerprint density at radius 2 is 1.30 bits per heavy atom. The average molecular weight is 502 g/mol. The predicted molar refractivity (Wildman–Crippen MR) is 160 cm³/mol. The number of hydrogen-bond donors (Lipinski definition) is 1. The molecule has 0 saturated heterocycles. The van der Waals surface area contributed by atoms with Gasteiger partial charge in [0.25, 0.3) is 0 Å². The molecule has 0 spiro atoms. The monoisotopic (exact) mass is 501 g/mol. The van der Waals surface area contributed by atoms with Crippen LogP contribution in [0.1, 0.15) is 37.5 Å². The molecule has 0 fully saturated rings. The van der Waals surface area contributed by atoms with Gasteiger partial charge in [0.1, 0.15) is 0 Å². The van der Waals surface area contributed by atoms with Gasteiger partial charge in [-0.05, 0) is 89.4 Å². The highest BCUT2D eigenvalue weighted by Crippen LogP contribution is 2.44. The zero-order valence-corrected chi connectivity index (χ0v) is 23.3. The molecule has 1 radical (unpaired) electrons. The van der Waals surface area contributed by atoms with E-state index in [0.29, 0.717) is 6.61 Å². The smallest absolute Gasteiger partial charge is 0.205 e. The highest BCUT2D eigenvalue weighted by molar-refractivity contribution is 6.48. The molecule has 6 aromatic rings. The van der Waals surface area contributed by atoms with E-state index < -0.39 is 9.04 Å². The van der Waals surface area contributed by atoms with Crippen LogP contribution in [0.25, 0.3) is 54.2 Å². The minimum absolute atomic E-state index is 0.00174. The van der Waals surface area contributed by atoms with Gasteiger partial charge in [-0.25, -0.2) is 0 Å². The van der Waals surface area contributed by atoms with Crippen LogP contribution in [0.2, 0.25) is 13.1 Å². The van der Waals surface area contributed by atoms with Crippen LogP contribution in [0.15, 0.2) is 78.9 Å². The van der Waals surface area contributed by atoms with Crippen LogP contribution in [0.3, 0.4) is 0 Å². The van der Waals surface area contributed by atoms with Gasteiger partial charge in [0.15, 0.2) is 0 Å². The maximum Gasteiger partial charge on any atom is 0.205 e. The fourth-order valence-corrected chi connectivity index (χ4v) is 6.25. The van der Waals surface area contributed by atoms with Crippen molar-refractivity contribution in [2.24, 2.45) is 0 Å². The number of rotatable bonds is 5. The van der Waals surface area contributed by atoms with Crippen molar-refractivity contribution >= 4 is 52.1 Å². The Morgan fingerprint density at radius 3 is 1.92 bits per heavy atom. The fourth-order valence-electron chi connectivity index (χ4n) is 5.81. The second kappa shape index (κ2) is 8.95. The molecule has 0 unspecified atom stereocenters. The number of aliphatic hydroxyl groups is 1. The van der Waals surface area contributed by atoms with Crippen LogP contribution < -0.4 is 0 Å². The molecule has 37 heavy (non-hydrogen) atoms. The lowest BCUT2D eigenvalue weighted by Gasteiger charge is -2.25. The van der Waals surface area contributed by atoms with Crippen molar-refractivity contribution in [1.82, 2.24) is 0 Å². The molecule has 0 amide bonds. The highest BCUT2D eigenvalue weighted by Gasteiger charge is 2.22. The minimum atomic E-state index is -0.880. The average Bonchev–Trinajstić information content (AvgIpc) is 2.89. The van der Waals surface area contributed by atoms with Gasteiger partial charge in [-0.1, -0.05) is 99.6 Å². The molecule has 0 aromatic heterocycles. The van der Waals surface area contributed by atoms with Crippen LogP contribution in [0.4, 0.5) is 0 Å². The Kier molecular flexibility index (Phi) is 5.83. The number of aliphatic hydroxyl groups excluding tert-OH is 1. The van der Waals surface area contributed by atoms with Gasteiger partial charge in [-0.3, -0.25) is 0 Å².